The van der Waals surface area contributed by atoms with Crippen LogP contribution in [0.4, 0.5) is 0 Å². The topological polar surface area (TPSA) is 26.0 Å². The minimum absolute atomic E-state index is 0.0231. The second-order valence-electron chi connectivity index (χ2n) is 3.41. The predicted molar refractivity (Wildman–Crippen MR) is 61.5 cm³/mol. The van der Waals surface area contributed by atoms with Gasteiger partial charge in [0.05, 0.1) is 6.04 Å². The van der Waals surface area contributed by atoms with E-state index in [1.54, 1.807) is 11.3 Å². The number of rotatable bonds is 2. The van der Waals surface area contributed by atoms with Gasteiger partial charge < -0.3 is 5.73 Å². The molecule has 1 atom stereocenters. The zero-order valence-corrected chi connectivity index (χ0v) is 8.92. The van der Waals surface area contributed by atoms with Crippen molar-refractivity contribution in [3.63, 3.8) is 0 Å². The predicted octanol–water partition coefficient (Wildman–Crippen LogP) is 3.10. The molecule has 0 aliphatic carbocycles. The van der Waals surface area contributed by atoms with Crippen molar-refractivity contribution in [3.05, 3.63) is 57.8 Å². The first-order valence-electron chi connectivity index (χ1n) is 4.63. The lowest BCUT2D eigenvalue weighted by Gasteiger charge is -2.10. The van der Waals surface area contributed by atoms with Crippen LogP contribution in [0, 0.1) is 6.92 Å². The monoisotopic (exact) mass is 203 g/mol. The van der Waals surface area contributed by atoms with Gasteiger partial charge in [-0.15, -0.1) is 11.3 Å². The van der Waals surface area contributed by atoms with Gasteiger partial charge in [-0.2, -0.15) is 0 Å². The summed E-state index contributed by atoms with van der Waals surface area (Å²) >= 11 is 1.71. The SMILES string of the molecule is Cc1cccc([C@@H](N)c2cccs2)c1. The molecule has 0 bridgehead atoms. The van der Waals surface area contributed by atoms with Crippen molar-refractivity contribution >= 4 is 11.3 Å². The Balaban J connectivity index is 2.32. The van der Waals surface area contributed by atoms with E-state index in [2.05, 4.69) is 42.6 Å². The summed E-state index contributed by atoms with van der Waals surface area (Å²) < 4.78 is 0. The number of hydrogen-bond donors (Lipinski definition) is 1. The molecule has 0 aliphatic rings. The molecule has 0 aliphatic heterocycles. The molecule has 0 unspecified atom stereocenters. The van der Waals surface area contributed by atoms with Gasteiger partial charge in [0.15, 0.2) is 0 Å². The molecule has 72 valence electrons. The van der Waals surface area contributed by atoms with E-state index in [0.717, 1.165) is 0 Å². The van der Waals surface area contributed by atoms with Crippen LogP contribution in [0.3, 0.4) is 0 Å². The summed E-state index contributed by atoms with van der Waals surface area (Å²) in [6.07, 6.45) is 0. The summed E-state index contributed by atoms with van der Waals surface area (Å²) in [7, 11) is 0. The van der Waals surface area contributed by atoms with Crippen LogP contribution in [0.2, 0.25) is 0 Å². The summed E-state index contributed by atoms with van der Waals surface area (Å²) in [6, 6.07) is 12.5. The number of benzene rings is 1. The maximum Gasteiger partial charge on any atom is 0.0646 e. The largest absolute Gasteiger partial charge is 0.320 e. The molecule has 0 fully saturated rings. The normalized spacial score (nSPS) is 12.7. The second-order valence-corrected chi connectivity index (χ2v) is 4.39. The van der Waals surface area contributed by atoms with E-state index < -0.39 is 0 Å². The van der Waals surface area contributed by atoms with Crippen LogP contribution in [0.25, 0.3) is 0 Å². The highest BCUT2D eigenvalue weighted by Gasteiger charge is 2.08. The van der Waals surface area contributed by atoms with Gasteiger partial charge in [-0.05, 0) is 23.9 Å². The summed E-state index contributed by atoms with van der Waals surface area (Å²) in [6.45, 7) is 2.09. The fraction of sp³-hybridized carbons (Fsp3) is 0.167. The first-order chi connectivity index (χ1) is 6.77. The Morgan fingerprint density at radius 1 is 1.21 bits per heavy atom. The van der Waals surface area contributed by atoms with Gasteiger partial charge in [0.25, 0.3) is 0 Å². The Hall–Kier alpha value is -1.12. The lowest BCUT2D eigenvalue weighted by molar-refractivity contribution is 0.891. The molecule has 0 amide bonds. The molecule has 1 nitrogen and oxygen atoms in total. The van der Waals surface area contributed by atoms with Crippen LogP contribution in [0.15, 0.2) is 41.8 Å². The van der Waals surface area contributed by atoms with Crippen LogP contribution in [0.1, 0.15) is 22.0 Å². The third-order valence-electron chi connectivity index (χ3n) is 2.25. The molecule has 0 saturated heterocycles. The Kier molecular flexibility index (Phi) is 2.66. The van der Waals surface area contributed by atoms with E-state index in [0.29, 0.717) is 0 Å². The average molecular weight is 203 g/mol. The molecule has 2 heteroatoms. The molecule has 1 heterocycles. The summed E-state index contributed by atoms with van der Waals surface area (Å²) in [4.78, 5) is 1.22. The third-order valence-corrected chi connectivity index (χ3v) is 3.21. The van der Waals surface area contributed by atoms with Gasteiger partial charge in [0.2, 0.25) is 0 Å². The molecule has 0 saturated carbocycles. The molecule has 2 N–H and O–H groups in total. The van der Waals surface area contributed by atoms with Crippen molar-refractivity contribution in [2.45, 2.75) is 13.0 Å². The highest BCUT2D eigenvalue weighted by Crippen LogP contribution is 2.23. The minimum atomic E-state index is 0.0231. The number of aryl methyl sites for hydroxylation is 1. The Morgan fingerprint density at radius 2 is 2.07 bits per heavy atom. The lowest BCUT2D eigenvalue weighted by Crippen LogP contribution is -2.09. The Labute approximate surface area is 88.2 Å². The third kappa shape index (κ3) is 1.86. The van der Waals surface area contributed by atoms with Crippen LogP contribution in [-0.2, 0) is 0 Å². The van der Waals surface area contributed by atoms with Crippen molar-refractivity contribution < 1.29 is 0 Å². The van der Waals surface area contributed by atoms with Crippen molar-refractivity contribution in [2.75, 3.05) is 0 Å². The van der Waals surface area contributed by atoms with E-state index in [1.807, 2.05) is 6.07 Å². The zero-order chi connectivity index (χ0) is 9.97. The van der Waals surface area contributed by atoms with Crippen LogP contribution >= 0.6 is 11.3 Å². The Morgan fingerprint density at radius 3 is 2.71 bits per heavy atom. The van der Waals surface area contributed by atoms with E-state index >= 15 is 0 Å². The maximum absolute atomic E-state index is 6.14. The zero-order valence-electron chi connectivity index (χ0n) is 8.10. The molecular formula is C12H13NS. The molecular weight excluding hydrogens is 190 g/mol. The summed E-state index contributed by atoms with van der Waals surface area (Å²) in [5, 5.41) is 2.06. The summed E-state index contributed by atoms with van der Waals surface area (Å²) in [5.41, 5.74) is 8.59. The van der Waals surface area contributed by atoms with Gasteiger partial charge in [-0.3, -0.25) is 0 Å². The van der Waals surface area contributed by atoms with Crippen LogP contribution < -0.4 is 5.73 Å². The highest BCUT2D eigenvalue weighted by atomic mass is 32.1. The van der Waals surface area contributed by atoms with Crippen LogP contribution in [0.5, 0.6) is 0 Å². The van der Waals surface area contributed by atoms with Gasteiger partial charge in [0.1, 0.15) is 0 Å². The van der Waals surface area contributed by atoms with E-state index in [4.69, 9.17) is 5.73 Å². The smallest absolute Gasteiger partial charge is 0.0646 e. The van der Waals surface area contributed by atoms with E-state index in [1.165, 1.54) is 16.0 Å². The maximum atomic E-state index is 6.14. The fourth-order valence-corrected chi connectivity index (χ4v) is 2.25. The Bertz CT molecular complexity index is 406. The van der Waals surface area contributed by atoms with Gasteiger partial charge in [-0.25, -0.2) is 0 Å². The standard InChI is InChI=1S/C12H13NS/c1-9-4-2-5-10(8-9)12(13)11-6-3-7-14-11/h2-8,12H,13H2,1H3/t12-/m1/s1. The van der Waals surface area contributed by atoms with Crippen molar-refractivity contribution in [3.8, 4) is 0 Å². The number of nitrogens with two attached hydrogens (primary N) is 1. The highest BCUT2D eigenvalue weighted by molar-refractivity contribution is 7.10. The van der Waals surface area contributed by atoms with Crippen molar-refractivity contribution in [1.82, 2.24) is 0 Å². The lowest BCUT2D eigenvalue weighted by atomic mass is 10.0. The fourth-order valence-electron chi connectivity index (χ4n) is 1.50. The quantitative estimate of drug-likeness (QED) is 0.797. The number of hydrogen-bond acceptors (Lipinski definition) is 2. The molecule has 0 spiro atoms. The van der Waals surface area contributed by atoms with E-state index in [9.17, 15) is 0 Å². The second kappa shape index (κ2) is 3.95. The summed E-state index contributed by atoms with van der Waals surface area (Å²) in [5.74, 6) is 0. The molecule has 2 rings (SSSR count). The average Bonchev–Trinajstić information content (AvgIpc) is 2.69. The molecule has 1 aromatic heterocycles. The van der Waals surface area contributed by atoms with Crippen molar-refractivity contribution in [1.29, 1.82) is 0 Å². The molecule has 1 aromatic carbocycles. The first kappa shape index (κ1) is 9.44. The molecule has 2 aromatic rings. The number of thiophene rings is 1. The van der Waals surface area contributed by atoms with Gasteiger partial charge in [0, 0.05) is 4.88 Å². The van der Waals surface area contributed by atoms with Gasteiger partial charge >= 0.3 is 0 Å². The van der Waals surface area contributed by atoms with Crippen molar-refractivity contribution in [2.24, 2.45) is 5.73 Å². The molecule has 0 radical (unpaired) electrons. The van der Waals surface area contributed by atoms with E-state index in [-0.39, 0.29) is 6.04 Å². The first-order valence-corrected chi connectivity index (χ1v) is 5.51. The van der Waals surface area contributed by atoms with Crippen LogP contribution in [-0.4, -0.2) is 0 Å². The van der Waals surface area contributed by atoms with Gasteiger partial charge in [-0.1, -0.05) is 35.9 Å². The molecule has 14 heavy (non-hydrogen) atoms. The minimum Gasteiger partial charge on any atom is -0.320 e.